The molecule has 4 nitrogen and oxygen atoms in total. The molecule has 0 amide bonds. The standard InChI is InChI=1S/C10H9F3N2O2/c1-6(14)15-17-9(16)7-3-2-4-8(5-7)10(11,12)13/h2-5H,1H3,(H2,14,15). The van der Waals surface area contributed by atoms with Crippen LogP contribution in [0.15, 0.2) is 29.4 Å². The number of carbonyl (C=O) groups is 1. The first-order chi connectivity index (χ1) is 7.80. The molecule has 2 N–H and O–H groups in total. The number of hydrogen-bond acceptors (Lipinski definition) is 3. The molecule has 0 atom stereocenters. The number of oxime groups is 1. The summed E-state index contributed by atoms with van der Waals surface area (Å²) < 4.78 is 37.0. The van der Waals surface area contributed by atoms with Gasteiger partial charge in [0.2, 0.25) is 0 Å². The molecule has 0 aliphatic carbocycles. The minimum atomic E-state index is -4.51. The Labute approximate surface area is 94.9 Å². The highest BCUT2D eigenvalue weighted by molar-refractivity contribution is 5.90. The van der Waals surface area contributed by atoms with Crippen molar-refractivity contribution in [3.05, 3.63) is 35.4 Å². The van der Waals surface area contributed by atoms with E-state index in [2.05, 4.69) is 9.99 Å². The van der Waals surface area contributed by atoms with Crippen LogP contribution in [0.5, 0.6) is 0 Å². The van der Waals surface area contributed by atoms with Crippen molar-refractivity contribution in [1.82, 2.24) is 0 Å². The van der Waals surface area contributed by atoms with Crippen LogP contribution in [-0.4, -0.2) is 11.8 Å². The maximum Gasteiger partial charge on any atom is 0.416 e. The first-order valence-electron chi connectivity index (χ1n) is 4.49. The van der Waals surface area contributed by atoms with Gasteiger partial charge in [-0.05, 0) is 25.1 Å². The Bertz CT molecular complexity index is 451. The molecule has 17 heavy (non-hydrogen) atoms. The Kier molecular flexibility index (Phi) is 3.72. The summed E-state index contributed by atoms with van der Waals surface area (Å²) in [6.45, 7) is 1.37. The Morgan fingerprint density at radius 2 is 2.06 bits per heavy atom. The molecule has 0 aliphatic heterocycles. The Morgan fingerprint density at radius 1 is 1.41 bits per heavy atom. The smallest absolute Gasteiger partial charge is 0.385 e. The lowest BCUT2D eigenvalue weighted by Gasteiger charge is -2.07. The Hall–Kier alpha value is -2.05. The first-order valence-corrected chi connectivity index (χ1v) is 4.49. The van der Waals surface area contributed by atoms with Gasteiger partial charge < -0.3 is 10.6 Å². The fourth-order valence-electron chi connectivity index (χ4n) is 0.989. The van der Waals surface area contributed by atoms with Crippen LogP contribution in [0.3, 0.4) is 0 Å². The molecular formula is C10H9F3N2O2. The van der Waals surface area contributed by atoms with E-state index < -0.39 is 17.7 Å². The van der Waals surface area contributed by atoms with Crippen LogP contribution in [0.4, 0.5) is 13.2 Å². The quantitative estimate of drug-likeness (QED) is 0.376. The van der Waals surface area contributed by atoms with Gasteiger partial charge in [0.25, 0.3) is 0 Å². The highest BCUT2D eigenvalue weighted by atomic mass is 19.4. The van der Waals surface area contributed by atoms with Crippen LogP contribution in [0.2, 0.25) is 0 Å². The number of hydrogen-bond donors (Lipinski definition) is 1. The van der Waals surface area contributed by atoms with Crippen molar-refractivity contribution in [3.8, 4) is 0 Å². The summed E-state index contributed by atoms with van der Waals surface area (Å²) in [6.07, 6.45) is -4.51. The van der Waals surface area contributed by atoms with E-state index in [1.807, 2.05) is 0 Å². The van der Waals surface area contributed by atoms with Gasteiger partial charge in [-0.3, -0.25) is 0 Å². The molecule has 7 heteroatoms. The van der Waals surface area contributed by atoms with Gasteiger partial charge in [-0.25, -0.2) is 4.79 Å². The van der Waals surface area contributed by atoms with Crippen LogP contribution in [0.1, 0.15) is 22.8 Å². The van der Waals surface area contributed by atoms with Crippen molar-refractivity contribution in [2.75, 3.05) is 0 Å². The number of amidine groups is 1. The molecule has 0 fully saturated rings. The van der Waals surface area contributed by atoms with E-state index >= 15 is 0 Å². The topological polar surface area (TPSA) is 64.7 Å². The predicted octanol–water partition coefficient (Wildman–Crippen LogP) is 2.15. The monoisotopic (exact) mass is 246 g/mol. The molecule has 0 aromatic heterocycles. The average Bonchev–Trinajstić information content (AvgIpc) is 2.25. The van der Waals surface area contributed by atoms with Gasteiger partial charge >= 0.3 is 12.1 Å². The number of benzene rings is 1. The average molecular weight is 246 g/mol. The van der Waals surface area contributed by atoms with E-state index in [0.29, 0.717) is 6.07 Å². The largest absolute Gasteiger partial charge is 0.416 e. The highest BCUT2D eigenvalue weighted by Crippen LogP contribution is 2.29. The number of alkyl halides is 3. The fourth-order valence-corrected chi connectivity index (χ4v) is 0.989. The molecule has 0 spiro atoms. The molecular weight excluding hydrogens is 237 g/mol. The van der Waals surface area contributed by atoms with Crippen molar-refractivity contribution >= 4 is 11.8 Å². The third-order valence-corrected chi connectivity index (χ3v) is 1.70. The molecule has 1 rings (SSSR count). The van der Waals surface area contributed by atoms with Gasteiger partial charge in [-0.2, -0.15) is 13.2 Å². The van der Waals surface area contributed by atoms with Crippen LogP contribution < -0.4 is 5.73 Å². The number of carbonyl (C=O) groups excluding carboxylic acids is 1. The summed E-state index contributed by atoms with van der Waals surface area (Å²) in [6, 6.07) is 3.84. The molecule has 1 aromatic rings. The Morgan fingerprint density at radius 3 is 2.59 bits per heavy atom. The third kappa shape index (κ3) is 3.78. The molecule has 1 aromatic carbocycles. The van der Waals surface area contributed by atoms with Gasteiger partial charge in [0.15, 0.2) is 0 Å². The van der Waals surface area contributed by atoms with Crippen molar-refractivity contribution in [2.24, 2.45) is 10.9 Å². The summed E-state index contributed by atoms with van der Waals surface area (Å²) in [7, 11) is 0. The highest BCUT2D eigenvalue weighted by Gasteiger charge is 2.31. The molecule has 0 heterocycles. The van der Waals surface area contributed by atoms with Crippen molar-refractivity contribution in [1.29, 1.82) is 0 Å². The summed E-state index contributed by atoms with van der Waals surface area (Å²) >= 11 is 0. The maximum absolute atomic E-state index is 12.3. The van der Waals surface area contributed by atoms with E-state index in [-0.39, 0.29) is 11.4 Å². The lowest BCUT2D eigenvalue weighted by atomic mass is 10.1. The van der Waals surface area contributed by atoms with Crippen LogP contribution in [0.25, 0.3) is 0 Å². The van der Waals surface area contributed by atoms with Gasteiger partial charge in [0.05, 0.1) is 11.1 Å². The zero-order chi connectivity index (χ0) is 13.1. The molecule has 0 saturated heterocycles. The summed E-state index contributed by atoms with van der Waals surface area (Å²) in [5, 5.41) is 3.16. The predicted molar refractivity (Wildman–Crippen MR) is 54.2 cm³/mol. The summed E-state index contributed by atoms with van der Waals surface area (Å²) in [4.78, 5) is 15.6. The SMILES string of the molecule is C/C(N)=N/OC(=O)c1cccc(C(F)(F)F)c1. The zero-order valence-corrected chi connectivity index (χ0v) is 8.78. The number of rotatable bonds is 2. The molecule has 0 aliphatic rings. The normalized spacial score (nSPS) is 12.4. The van der Waals surface area contributed by atoms with E-state index in [1.54, 1.807) is 0 Å². The van der Waals surface area contributed by atoms with Gasteiger partial charge in [-0.15, -0.1) is 0 Å². The number of halogens is 3. The van der Waals surface area contributed by atoms with E-state index in [4.69, 9.17) is 5.73 Å². The molecule has 0 saturated carbocycles. The minimum absolute atomic E-state index is 0.00896. The van der Waals surface area contributed by atoms with E-state index in [1.165, 1.54) is 13.0 Å². The second kappa shape index (κ2) is 4.86. The van der Waals surface area contributed by atoms with Crippen molar-refractivity contribution < 1.29 is 22.8 Å². The van der Waals surface area contributed by atoms with Crippen molar-refractivity contribution in [2.45, 2.75) is 13.1 Å². The third-order valence-electron chi connectivity index (χ3n) is 1.70. The lowest BCUT2D eigenvalue weighted by molar-refractivity contribution is -0.137. The molecule has 0 bridgehead atoms. The molecule has 92 valence electrons. The van der Waals surface area contributed by atoms with Gasteiger partial charge in [0, 0.05) is 0 Å². The zero-order valence-electron chi connectivity index (χ0n) is 8.78. The first kappa shape index (κ1) is 13.0. The Balaban J connectivity index is 2.93. The van der Waals surface area contributed by atoms with Crippen LogP contribution >= 0.6 is 0 Å². The summed E-state index contributed by atoms with van der Waals surface area (Å²) in [5.41, 5.74) is 3.93. The fraction of sp³-hybridized carbons (Fsp3) is 0.200. The maximum atomic E-state index is 12.3. The van der Waals surface area contributed by atoms with E-state index in [0.717, 1.165) is 12.1 Å². The summed E-state index contributed by atoms with van der Waals surface area (Å²) in [5.74, 6) is -1.01. The van der Waals surface area contributed by atoms with Gasteiger partial charge in [0.1, 0.15) is 5.84 Å². The van der Waals surface area contributed by atoms with Crippen molar-refractivity contribution in [3.63, 3.8) is 0 Å². The minimum Gasteiger partial charge on any atom is -0.385 e. The van der Waals surface area contributed by atoms with E-state index in [9.17, 15) is 18.0 Å². The van der Waals surface area contributed by atoms with Crippen LogP contribution in [0, 0.1) is 0 Å². The second-order valence-corrected chi connectivity index (χ2v) is 3.19. The lowest BCUT2D eigenvalue weighted by Crippen LogP contribution is -2.10. The second-order valence-electron chi connectivity index (χ2n) is 3.19. The van der Waals surface area contributed by atoms with Crippen LogP contribution in [-0.2, 0) is 11.0 Å². The molecule has 0 radical (unpaired) electrons. The van der Waals surface area contributed by atoms with Gasteiger partial charge in [-0.1, -0.05) is 11.2 Å². The number of nitrogens with two attached hydrogens (primary N) is 1. The molecule has 0 unspecified atom stereocenters. The number of nitrogens with zero attached hydrogens (tertiary/aromatic N) is 1.